The maximum absolute atomic E-state index is 11.8. The highest BCUT2D eigenvalue weighted by Crippen LogP contribution is 2.32. The summed E-state index contributed by atoms with van der Waals surface area (Å²) in [5, 5.41) is 0. The van der Waals surface area contributed by atoms with Gasteiger partial charge in [0.25, 0.3) is 0 Å². The van der Waals surface area contributed by atoms with Crippen LogP contribution in [0.5, 0.6) is 0 Å². The van der Waals surface area contributed by atoms with Gasteiger partial charge in [0.05, 0.1) is 13.0 Å². The molecule has 1 aromatic rings. The van der Waals surface area contributed by atoms with Crippen LogP contribution in [0.1, 0.15) is 18.4 Å². The Morgan fingerprint density at radius 2 is 1.95 bits per heavy atom. The summed E-state index contributed by atoms with van der Waals surface area (Å²) in [6, 6.07) is 9.80. The molecule has 3 saturated heterocycles. The lowest BCUT2D eigenvalue weighted by Crippen LogP contribution is -2.49. The van der Waals surface area contributed by atoms with Gasteiger partial charge in [-0.15, -0.1) is 0 Å². The zero-order valence-corrected chi connectivity index (χ0v) is 11.3. The number of carbonyl (C=O) groups excluding carboxylic acids is 1. The van der Waals surface area contributed by atoms with Gasteiger partial charge in [-0.3, -0.25) is 4.79 Å². The lowest BCUT2D eigenvalue weighted by Gasteiger charge is -2.44. The van der Waals surface area contributed by atoms with Crippen LogP contribution >= 0.6 is 0 Å². The fraction of sp³-hybridized carbons (Fsp3) is 0.562. The van der Waals surface area contributed by atoms with Crippen molar-refractivity contribution < 1.29 is 9.53 Å². The summed E-state index contributed by atoms with van der Waals surface area (Å²) in [7, 11) is 0. The fourth-order valence-electron chi connectivity index (χ4n) is 3.29. The number of hydrogen-bond acceptors (Lipinski definition) is 3. The van der Waals surface area contributed by atoms with Crippen molar-refractivity contribution in [2.75, 3.05) is 26.2 Å². The van der Waals surface area contributed by atoms with Gasteiger partial charge in [0.15, 0.2) is 0 Å². The second-order valence-electron chi connectivity index (χ2n) is 5.74. The molecule has 102 valence electrons. The molecule has 0 unspecified atom stereocenters. The minimum atomic E-state index is -0.0948. The Hall–Kier alpha value is -1.35. The Balaban J connectivity index is 1.46. The van der Waals surface area contributed by atoms with Crippen LogP contribution in [0.4, 0.5) is 0 Å². The van der Waals surface area contributed by atoms with Crippen LogP contribution in [0, 0.1) is 11.8 Å². The molecule has 3 aliphatic rings. The number of nitrogens with zero attached hydrogens (tertiary/aromatic N) is 1. The zero-order valence-electron chi connectivity index (χ0n) is 11.3. The van der Waals surface area contributed by atoms with Gasteiger partial charge in [-0.05, 0) is 37.4 Å². The molecule has 2 bridgehead atoms. The molecule has 1 aromatic carbocycles. The molecule has 0 N–H and O–H groups in total. The first-order chi connectivity index (χ1) is 9.31. The van der Waals surface area contributed by atoms with E-state index in [-0.39, 0.29) is 5.97 Å². The number of benzene rings is 1. The lowest BCUT2D eigenvalue weighted by molar-refractivity contribution is -0.146. The van der Waals surface area contributed by atoms with E-state index in [0.717, 1.165) is 18.0 Å². The van der Waals surface area contributed by atoms with E-state index in [1.165, 1.54) is 25.9 Å². The van der Waals surface area contributed by atoms with Crippen molar-refractivity contribution >= 4 is 5.97 Å². The lowest BCUT2D eigenvalue weighted by atomic mass is 9.79. The number of ether oxygens (including phenoxy) is 1. The number of hydrogen-bond donors (Lipinski definition) is 0. The molecule has 0 saturated carbocycles. The third-order valence-electron chi connectivity index (χ3n) is 4.44. The van der Waals surface area contributed by atoms with Gasteiger partial charge in [-0.1, -0.05) is 30.3 Å². The number of esters is 1. The average Bonchev–Trinajstić information content (AvgIpc) is 2.47. The number of fused-ring (bicyclic) bond motifs is 3. The predicted octanol–water partition coefficient (Wildman–Crippen LogP) is 2.11. The van der Waals surface area contributed by atoms with E-state index in [1.807, 2.05) is 30.3 Å². The Labute approximate surface area is 114 Å². The maximum atomic E-state index is 11.8. The standard InChI is InChI=1S/C16H21NO2/c18-16(10-13-4-2-1-3-5-13)19-12-15-11-17-8-6-14(15)7-9-17/h1-5,14-15H,6-12H2/t15-/m0/s1. The quantitative estimate of drug-likeness (QED) is 0.776. The first kappa shape index (κ1) is 12.7. The maximum Gasteiger partial charge on any atom is 0.310 e. The second kappa shape index (κ2) is 5.74. The van der Waals surface area contributed by atoms with Crippen LogP contribution in [0.2, 0.25) is 0 Å². The molecule has 3 aliphatic heterocycles. The van der Waals surface area contributed by atoms with E-state index in [2.05, 4.69) is 4.90 Å². The van der Waals surface area contributed by atoms with Crippen LogP contribution in [-0.2, 0) is 16.0 Å². The largest absolute Gasteiger partial charge is 0.465 e. The Bertz CT molecular complexity index is 424. The highest BCUT2D eigenvalue weighted by atomic mass is 16.5. The molecular weight excluding hydrogens is 238 g/mol. The summed E-state index contributed by atoms with van der Waals surface area (Å²) in [4.78, 5) is 14.3. The molecule has 3 fully saturated rings. The summed E-state index contributed by atoms with van der Waals surface area (Å²) >= 11 is 0. The van der Waals surface area contributed by atoms with Crippen molar-refractivity contribution in [3.8, 4) is 0 Å². The Kier molecular flexibility index (Phi) is 3.83. The van der Waals surface area contributed by atoms with Crippen molar-refractivity contribution in [2.45, 2.75) is 19.3 Å². The minimum absolute atomic E-state index is 0.0948. The number of piperidine rings is 3. The Morgan fingerprint density at radius 1 is 1.21 bits per heavy atom. The van der Waals surface area contributed by atoms with Crippen LogP contribution in [-0.4, -0.2) is 37.1 Å². The van der Waals surface area contributed by atoms with Crippen molar-refractivity contribution in [1.29, 1.82) is 0 Å². The van der Waals surface area contributed by atoms with E-state index >= 15 is 0 Å². The third kappa shape index (κ3) is 3.16. The Morgan fingerprint density at radius 3 is 2.58 bits per heavy atom. The average molecular weight is 259 g/mol. The zero-order chi connectivity index (χ0) is 13.1. The highest BCUT2D eigenvalue weighted by Gasteiger charge is 2.34. The van der Waals surface area contributed by atoms with Gasteiger partial charge in [0.1, 0.15) is 0 Å². The molecule has 0 amide bonds. The first-order valence-corrected chi connectivity index (χ1v) is 7.23. The topological polar surface area (TPSA) is 29.5 Å². The second-order valence-corrected chi connectivity index (χ2v) is 5.74. The summed E-state index contributed by atoms with van der Waals surface area (Å²) in [5.74, 6) is 1.24. The summed E-state index contributed by atoms with van der Waals surface area (Å²) in [6.07, 6.45) is 2.95. The molecule has 3 heterocycles. The van der Waals surface area contributed by atoms with Gasteiger partial charge in [-0.25, -0.2) is 0 Å². The summed E-state index contributed by atoms with van der Waals surface area (Å²) < 4.78 is 5.47. The normalized spacial score (nSPS) is 29.2. The minimum Gasteiger partial charge on any atom is -0.465 e. The highest BCUT2D eigenvalue weighted by molar-refractivity contribution is 5.72. The monoisotopic (exact) mass is 259 g/mol. The van der Waals surface area contributed by atoms with Crippen LogP contribution in [0.3, 0.4) is 0 Å². The van der Waals surface area contributed by atoms with Gasteiger partial charge >= 0.3 is 5.97 Å². The van der Waals surface area contributed by atoms with E-state index in [0.29, 0.717) is 18.9 Å². The van der Waals surface area contributed by atoms with Crippen molar-refractivity contribution in [1.82, 2.24) is 4.90 Å². The molecule has 0 spiro atoms. The van der Waals surface area contributed by atoms with Crippen LogP contribution in [0.25, 0.3) is 0 Å². The molecule has 19 heavy (non-hydrogen) atoms. The number of rotatable bonds is 4. The van der Waals surface area contributed by atoms with Gasteiger partial charge in [0, 0.05) is 12.5 Å². The van der Waals surface area contributed by atoms with Crippen molar-refractivity contribution in [3.63, 3.8) is 0 Å². The molecule has 4 rings (SSSR count). The van der Waals surface area contributed by atoms with Gasteiger partial charge in [0.2, 0.25) is 0 Å². The van der Waals surface area contributed by atoms with Gasteiger partial charge in [-0.2, -0.15) is 0 Å². The molecule has 3 nitrogen and oxygen atoms in total. The SMILES string of the molecule is O=C(Cc1ccccc1)OC[C@@H]1CN2CCC1CC2. The van der Waals surface area contributed by atoms with E-state index in [1.54, 1.807) is 0 Å². The van der Waals surface area contributed by atoms with Crippen molar-refractivity contribution in [3.05, 3.63) is 35.9 Å². The van der Waals surface area contributed by atoms with Crippen molar-refractivity contribution in [2.24, 2.45) is 11.8 Å². The molecular formula is C16H21NO2. The molecule has 3 heteroatoms. The van der Waals surface area contributed by atoms with E-state index < -0.39 is 0 Å². The molecule has 0 radical (unpaired) electrons. The molecule has 0 aliphatic carbocycles. The predicted molar refractivity (Wildman–Crippen MR) is 73.8 cm³/mol. The van der Waals surface area contributed by atoms with Crippen LogP contribution < -0.4 is 0 Å². The van der Waals surface area contributed by atoms with E-state index in [4.69, 9.17) is 4.74 Å². The van der Waals surface area contributed by atoms with Gasteiger partial charge < -0.3 is 9.64 Å². The smallest absolute Gasteiger partial charge is 0.310 e. The fourth-order valence-corrected chi connectivity index (χ4v) is 3.29. The summed E-state index contributed by atoms with van der Waals surface area (Å²) in [5.41, 5.74) is 1.03. The first-order valence-electron chi connectivity index (χ1n) is 7.23. The summed E-state index contributed by atoms with van der Waals surface area (Å²) in [6.45, 7) is 4.19. The molecule has 0 aromatic heterocycles. The van der Waals surface area contributed by atoms with E-state index in [9.17, 15) is 4.79 Å². The van der Waals surface area contributed by atoms with Crippen LogP contribution in [0.15, 0.2) is 30.3 Å². The third-order valence-corrected chi connectivity index (χ3v) is 4.44. The molecule has 1 atom stereocenters. The number of carbonyl (C=O) groups is 1.